The predicted molar refractivity (Wildman–Crippen MR) is 265 cm³/mol. The quantitative estimate of drug-likeness (QED) is 0.0478. The lowest BCUT2D eigenvalue weighted by Gasteiger charge is -2.41. The maximum Gasteiger partial charge on any atom is 0.253 e. The Hall–Kier alpha value is -5.00. The molecule has 17 heteroatoms. The number of hydrogen-bond acceptors (Lipinski definition) is 11. The molecule has 1 aromatic carbocycles. The lowest BCUT2D eigenvalue weighted by atomic mass is 9.89. The molecular weight excluding hydrogens is 869 g/mol. The van der Waals surface area contributed by atoms with Gasteiger partial charge in [-0.05, 0) is 70.0 Å². The first-order chi connectivity index (χ1) is 31.7. The Kier molecular flexibility index (Phi) is 24.8. The van der Waals surface area contributed by atoms with Crippen LogP contribution in [-0.2, 0) is 43.0 Å². The number of hydrogen-bond donors (Lipinski definition) is 3. The summed E-state index contributed by atoms with van der Waals surface area (Å²) in [4.78, 5) is 99.3. The van der Waals surface area contributed by atoms with E-state index < -0.39 is 48.3 Å². The van der Waals surface area contributed by atoms with E-state index in [4.69, 9.17) is 9.47 Å². The number of amides is 7. The number of rotatable bonds is 27. The van der Waals surface area contributed by atoms with Gasteiger partial charge in [0.05, 0.1) is 54.4 Å². The van der Waals surface area contributed by atoms with Gasteiger partial charge in [-0.25, -0.2) is 5.43 Å². The van der Waals surface area contributed by atoms with Crippen molar-refractivity contribution in [2.75, 3.05) is 48.5 Å². The molecule has 1 saturated heterocycles. The van der Waals surface area contributed by atoms with Crippen molar-refractivity contribution in [2.45, 2.75) is 157 Å². The first kappa shape index (κ1) is 59.1. The predicted octanol–water partition coefficient (Wildman–Crippen LogP) is 4.78. The van der Waals surface area contributed by atoms with Crippen LogP contribution >= 0.6 is 0 Å². The van der Waals surface area contributed by atoms with Gasteiger partial charge in [0, 0.05) is 52.9 Å². The molecule has 17 nitrogen and oxygen atoms in total. The second-order valence-corrected chi connectivity index (χ2v) is 19.1. The van der Waals surface area contributed by atoms with Gasteiger partial charge in [-0.1, -0.05) is 99.1 Å². The highest BCUT2D eigenvalue weighted by Gasteiger charge is 2.43. The number of benzene rings is 1. The summed E-state index contributed by atoms with van der Waals surface area (Å²) in [6.07, 6.45) is 5.15. The summed E-state index contributed by atoms with van der Waals surface area (Å²) in [6.45, 7) is 16.1. The fourth-order valence-electron chi connectivity index (χ4n) is 9.41. The molecule has 0 bridgehead atoms. The van der Waals surface area contributed by atoms with Crippen molar-refractivity contribution in [3.8, 4) is 0 Å². The van der Waals surface area contributed by atoms with E-state index in [9.17, 15) is 33.6 Å². The zero-order valence-electron chi connectivity index (χ0n) is 42.4. The minimum absolute atomic E-state index is 0. The third-order valence-electron chi connectivity index (χ3n) is 13.3. The van der Waals surface area contributed by atoms with Crippen molar-refractivity contribution < 1.29 is 43.0 Å². The van der Waals surface area contributed by atoms with Crippen LogP contribution in [0.25, 0.3) is 0 Å². The van der Waals surface area contributed by atoms with Crippen molar-refractivity contribution in [3.05, 3.63) is 48.0 Å². The first-order valence-electron chi connectivity index (χ1n) is 24.0. The molecule has 3 N–H and O–H groups in total. The average Bonchev–Trinajstić information content (AvgIpc) is 3.90. The number of likely N-dealkylation sites (tertiary alicyclic amines) is 1. The van der Waals surface area contributed by atoms with Gasteiger partial charge >= 0.3 is 0 Å². The number of carbonyl (C=O) groups is 7. The van der Waals surface area contributed by atoms with Crippen LogP contribution in [0.15, 0.2) is 47.6 Å². The molecule has 2 aliphatic rings. The maximum atomic E-state index is 14.4. The van der Waals surface area contributed by atoms with Crippen molar-refractivity contribution in [1.29, 1.82) is 0 Å². The molecule has 68 heavy (non-hydrogen) atoms. The second-order valence-electron chi connectivity index (χ2n) is 19.1. The van der Waals surface area contributed by atoms with Crippen LogP contribution < -0.4 is 16.1 Å². The van der Waals surface area contributed by atoms with Gasteiger partial charge in [0.25, 0.3) is 11.8 Å². The molecule has 2 aliphatic heterocycles. The number of nitrogens with zero attached hydrogens (tertiary/aromatic N) is 5. The summed E-state index contributed by atoms with van der Waals surface area (Å²) >= 11 is 0. The van der Waals surface area contributed by atoms with Crippen molar-refractivity contribution >= 4 is 47.1 Å². The van der Waals surface area contributed by atoms with E-state index in [0.717, 1.165) is 0 Å². The van der Waals surface area contributed by atoms with Crippen LogP contribution in [0.5, 0.6) is 0 Å². The van der Waals surface area contributed by atoms with E-state index in [1.54, 1.807) is 37.8 Å². The molecule has 0 aliphatic carbocycles. The first-order valence-corrected chi connectivity index (χ1v) is 24.0. The molecule has 1 aromatic rings. The Balaban J connectivity index is 0.0000159. The van der Waals surface area contributed by atoms with Gasteiger partial charge in [-0.2, -0.15) is 5.10 Å². The number of imide groups is 1. The van der Waals surface area contributed by atoms with E-state index >= 15 is 0 Å². The van der Waals surface area contributed by atoms with Crippen molar-refractivity contribution in [3.63, 3.8) is 0 Å². The minimum Gasteiger partial charge on any atom is -0.379 e. The Morgan fingerprint density at radius 3 is 2.01 bits per heavy atom. The van der Waals surface area contributed by atoms with E-state index in [-0.39, 0.29) is 79.4 Å². The van der Waals surface area contributed by atoms with Crippen LogP contribution in [0.1, 0.15) is 120 Å². The van der Waals surface area contributed by atoms with Gasteiger partial charge in [0.15, 0.2) is 0 Å². The highest BCUT2D eigenvalue weighted by Crippen LogP contribution is 2.30. The van der Waals surface area contributed by atoms with E-state index in [1.807, 2.05) is 90.9 Å². The van der Waals surface area contributed by atoms with Crippen LogP contribution in [0.2, 0.25) is 0 Å². The summed E-state index contributed by atoms with van der Waals surface area (Å²) in [5.74, 6) is -2.85. The van der Waals surface area contributed by atoms with Crippen LogP contribution in [0.4, 0.5) is 0 Å². The van der Waals surface area contributed by atoms with Crippen LogP contribution in [0.3, 0.4) is 0 Å². The number of carbonyl (C=O) groups excluding carboxylic acids is 7. The molecular formula is C51H84N8O9. The highest BCUT2D eigenvalue weighted by molar-refractivity contribution is 6.12. The third-order valence-corrected chi connectivity index (χ3v) is 13.3. The van der Waals surface area contributed by atoms with Crippen molar-refractivity contribution in [2.24, 2.45) is 28.8 Å². The fraction of sp³-hybridized carbons (Fsp3) is 0.686. The Labute approximate surface area is 406 Å². The molecule has 3 rings (SSSR count). The fourth-order valence-corrected chi connectivity index (χ4v) is 9.41. The van der Waals surface area contributed by atoms with Crippen molar-refractivity contribution in [1.82, 2.24) is 35.7 Å². The Morgan fingerprint density at radius 1 is 0.838 bits per heavy atom. The number of unbranched alkanes of at least 4 members (excludes halogenated alkanes) is 2. The second kappa shape index (κ2) is 28.5. The molecule has 0 unspecified atom stereocenters. The van der Waals surface area contributed by atoms with Crippen LogP contribution in [-0.4, -0.2) is 158 Å². The maximum absolute atomic E-state index is 14.4. The summed E-state index contributed by atoms with van der Waals surface area (Å²) in [5, 5.41) is 10.6. The molecule has 0 spiro atoms. The zero-order valence-corrected chi connectivity index (χ0v) is 42.4. The lowest BCUT2D eigenvalue weighted by Crippen LogP contribution is -2.59. The topological polar surface area (TPSA) is 199 Å². The van der Waals surface area contributed by atoms with E-state index in [2.05, 4.69) is 21.2 Å². The van der Waals surface area contributed by atoms with E-state index in [0.29, 0.717) is 62.9 Å². The molecule has 0 aromatic heterocycles. The van der Waals surface area contributed by atoms with E-state index in [1.165, 1.54) is 24.2 Å². The lowest BCUT2D eigenvalue weighted by molar-refractivity contribution is -0.148. The third kappa shape index (κ3) is 16.0. The Bertz CT molecular complexity index is 1860. The number of likely N-dealkylation sites (N-methyl/N-ethyl adjacent to an activating group) is 2. The summed E-state index contributed by atoms with van der Waals surface area (Å²) in [7, 11) is 8.51. The summed E-state index contributed by atoms with van der Waals surface area (Å²) in [5.41, 5.74) is 3.79. The monoisotopic (exact) mass is 953 g/mol. The zero-order chi connectivity index (χ0) is 50.1. The summed E-state index contributed by atoms with van der Waals surface area (Å²) in [6, 6.07) is 6.49. The number of hydrazone groups is 1. The van der Waals surface area contributed by atoms with Gasteiger partial charge in [0.2, 0.25) is 29.5 Å². The molecule has 0 radical (unpaired) electrons. The SMILES string of the molecule is C.CC[C@H](C)[C@@H]([C@@H](CC(=O)N1CCC[C@H]1[C@H](OC)[C@@H](C)C(=O)N[C@H](C)/C(=N/NC(=O)CCCCCN1C(=O)C=CC1=O)c1ccccc1)OC)N(C)C(=O)[C@@H](NC(=O)[C@H](C(C)C)N(C)C)C(C)C. The number of nitrogens with one attached hydrogen (secondary N) is 3. The molecule has 382 valence electrons. The van der Waals surface area contributed by atoms with Crippen LogP contribution in [0, 0.1) is 23.7 Å². The largest absolute Gasteiger partial charge is 0.379 e. The standard InChI is InChI=1S/C50H80N8O9.CH4/c1-14-33(6)46(56(11)50(65)43(31(2)3)52-49(64)45(32(4)5)55(9)10)38(66-12)30-42(62)57-29-21-24-37(57)47(67-13)34(7)48(63)51-35(8)44(36-22-17-15-18-23-36)54-53-39(59)25-19-16-20-28-58-40(60)26-27-41(58)61;/h15,17-18,22-23,26-27,31-35,37-38,43,45-47H,14,16,19-21,24-25,28-30H2,1-13H3,(H,51,63)(H,52,64)(H,53,59);1H4/b54-44-;/t33-,34+,35+,37-,38+,43-,45-,46-,47+;/m0./s1. The van der Waals surface area contributed by atoms with Gasteiger partial charge < -0.3 is 29.9 Å². The average molecular weight is 953 g/mol. The summed E-state index contributed by atoms with van der Waals surface area (Å²) < 4.78 is 12.1. The molecule has 2 heterocycles. The highest BCUT2D eigenvalue weighted by atomic mass is 16.5. The van der Waals surface area contributed by atoms with Gasteiger partial charge in [-0.3, -0.25) is 43.4 Å². The minimum atomic E-state index is -0.790. The normalized spacial score (nSPS) is 18.7. The molecule has 9 atom stereocenters. The molecule has 0 saturated carbocycles. The molecule has 1 fully saturated rings. The number of methoxy groups -OCH3 is 2. The Morgan fingerprint density at radius 2 is 1.47 bits per heavy atom. The smallest absolute Gasteiger partial charge is 0.253 e. The number of ether oxygens (including phenoxy) is 2. The molecule has 7 amide bonds. The van der Waals surface area contributed by atoms with Gasteiger partial charge in [-0.15, -0.1) is 0 Å². The van der Waals surface area contributed by atoms with Gasteiger partial charge in [0.1, 0.15) is 6.04 Å².